The number of nitriles is 1. The van der Waals surface area contributed by atoms with Crippen molar-refractivity contribution in [1.29, 1.82) is 5.26 Å². The summed E-state index contributed by atoms with van der Waals surface area (Å²) < 4.78 is 33.8. The van der Waals surface area contributed by atoms with Crippen LogP contribution in [0.2, 0.25) is 0 Å². The quantitative estimate of drug-likeness (QED) is 0.881. The molecule has 0 unspecified atom stereocenters. The maximum Gasteiger partial charge on any atom is 0.387 e. The molecule has 0 radical (unpaired) electrons. The Labute approximate surface area is 126 Å². The Morgan fingerprint density at radius 3 is 2.59 bits per heavy atom. The smallest absolute Gasteiger partial charge is 0.387 e. The zero-order valence-corrected chi connectivity index (χ0v) is 11.7. The molecule has 0 spiro atoms. The molecule has 2 rings (SSSR count). The van der Waals surface area contributed by atoms with Crippen LogP contribution < -0.4 is 14.8 Å². The van der Waals surface area contributed by atoms with Crippen LogP contribution in [0.1, 0.15) is 12.6 Å². The van der Waals surface area contributed by atoms with Crippen LogP contribution in [0.5, 0.6) is 11.5 Å². The Hall–Kier alpha value is -2.88. The lowest BCUT2D eigenvalue weighted by Gasteiger charge is -2.11. The molecular formula is C15H13F2N3O2. The number of halogens is 2. The Morgan fingerprint density at radius 1 is 1.27 bits per heavy atom. The average molecular weight is 305 g/mol. The minimum Gasteiger partial charge on any atom is -0.492 e. The van der Waals surface area contributed by atoms with Gasteiger partial charge in [-0.3, -0.25) is 0 Å². The number of ether oxygens (including phenoxy) is 2. The van der Waals surface area contributed by atoms with Gasteiger partial charge in [-0.25, -0.2) is 4.98 Å². The molecule has 0 saturated heterocycles. The first kappa shape index (κ1) is 15.5. The summed E-state index contributed by atoms with van der Waals surface area (Å²) in [6.45, 7) is -0.546. The predicted octanol–water partition coefficient (Wildman–Crippen LogP) is 3.70. The van der Waals surface area contributed by atoms with E-state index in [4.69, 9.17) is 10.00 Å². The van der Waals surface area contributed by atoms with Gasteiger partial charge in [0.05, 0.1) is 18.5 Å². The van der Waals surface area contributed by atoms with E-state index >= 15 is 0 Å². The molecule has 0 aliphatic carbocycles. The second-order valence-electron chi connectivity index (χ2n) is 4.14. The van der Waals surface area contributed by atoms with Gasteiger partial charge in [0, 0.05) is 11.8 Å². The molecule has 5 nitrogen and oxygen atoms in total. The molecule has 0 bridgehead atoms. The normalized spacial score (nSPS) is 10.1. The second-order valence-corrected chi connectivity index (χ2v) is 4.14. The summed E-state index contributed by atoms with van der Waals surface area (Å²) in [6, 6.07) is 9.55. The summed E-state index contributed by atoms with van der Waals surface area (Å²) in [4.78, 5) is 4.00. The highest BCUT2D eigenvalue weighted by Gasteiger charge is 2.08. The lowest BCUT2D eigenvalue weighted by molar-refractivity contribution is -0.0498. The fourth-order valence-corrected chi connectivity index (χ4v) is 1.75. The van der Waals surface area contributed by atoms with E-state index < -0.39 is 6.61 Å². The van der Waals surface area contributed by atoms with Crippen molar-refractivity contribution in [2.24, 2.45) is 0 Å². The van der Waals surface area contributed by atoms with E-state index in [0.29, 0.717) is 23.7 Å². The molecule has 0 aliphatic heterocycles. The summed E-state index contributed by atoms with van der Waals surface area (Å²) in [5.74, 6) is 0.587. The monoisotopic (exact) mass is 305 g/mol. The van der Waals surface area contributed by atoms with Crippen LogP contribution in [0, 0.1) is 11.3 Å². The molecule has 1 N–H and O–H groups in total. The van der Waals surface area contributed by atoms with Crippen molar-refractivity contribution < 1.29 is 18.3 Å². The first-order valence-corrected chi connectivity index (χ1v) is 6.47. The summed E-state index contributed by atoms with van der Waals surface area (Å²) in [7, 11) is 0. The molecule has 1 heterocycles. The highest BCUT2D eigenvalue weighted by Crippen LogP contribution is 2.25. The number of pyridine rings is 1. The number of benzene rings is 1. The average Bonchev–Trinajstić information content (AvgIpc) is 2.49. The Bertz CT molecular complexity index is 669. The van der Waals surface area contributed by atoms with Gasteiger partial charge in [0.2, 0.25) is 0 Å². The van der Waals surface area contributed by atoms with E-state index in [1.165, 1.54) is 18.3 Å². The third-order valence-corrected chi connectivity index (χ3v) is 2.64. The van der Waals surface area contributed by atoms with Crippen LogP contribution in [-0.4, -0.2) is 18.2 Å². The van der Waals surface area contributed by atoms with Crippen molar-refractivity contribution in [2.45, 2.75) is 13.5 Å². The van der Waals surface area contributed by atoms with Gasteiger partial charge in [-0.05, 0) is 31.2 Å². The SMILES string of the molecule is CCOc1cnc(C#N)c(Nc2ccc(OC(F)F)cc2)c1. The van der Waals surface area contributed by atoms with Gasteiger partial charge >= 0.3 is 6.61 Å². The zero-order valence-electron chi connectivity index (χ0n) is 11.7. The Morgan fingerprint density at radius 2 is 2.00 bits per heavy atom. The minimum atomic E-state index is -2.86. The molecule has 114 valence electrons. The summed E-state index contributed by atoms with van der Waals surface area (Å²) in [5, 5.41) is 12.1. The number of hydrogen-bond donors (Lipinski definition) is 1. The first-order valence-electron chi connectivity index (χ1n) is 6.47. The van der Waals surface area contributed by atoms with Crippen LogP contribution in [0.4, 0.5) is 20.2 Å². The van der Waals surface area contributed by atoms with Gasteiger partial charge in [-0.15, -0.1) is 0 Å². The summed E-state index contributed by atoms with van der Waals surface area (Å²) >= 11 is 0. The molecule has 1 aromatic carbocycles. The lowest BCUT2D eigenvalue weighted by Crippen LogP contribution is -2.02. The van der Waals surface area contributed by atoms with E-state index in [1.807, 2.05) is 13.0 Å². The number of nitrogens with zero attached hydrogens (tertiary/aromatic N) is 2. The number of hydrogen-bond acceptors (Lipinski definition) is 5. The fraction of sp³-hybridized carbons (Fsp3) is 0.200. The van der Waals surface area contributed by atoms with Crippen molar-refractivity contribution in [3.05, 3.63) is 42.2 Å². The number of nitrogens with one attached hydrogen (secondary N) is 1. The third-order valence-electron chi connectivity index (χ3n) is 2.64. The highest BCUT2D eigenvalue weighted by atomic mass is 19.3. The number of anilines is 2. The molecule has 0 amide bonds. The number of aromatic nitrogens is 1. The van der Waals surface area contributed by atoms with Gasteiger partial charge in [-0.2, -0.15) is 14.0 Å². The maximum atomic E-state index is 12.1. The first-order chi connectivity index (χ1) is 10.6. The second kappa shape index (κ2) is 7.22. The largest absolute Gasteiger partial charge is 0.492 e. The molecule has 0 saturated carbocycles. The maximum absolute atomic E-state index is 12.1. The molecule has 0 atom stereocenters. The number of alkyl halides is 2. The summed E-state index contributed by atoms with van der Waals surface area (Å²) in [5.41, 5.74) is 1.28. The van der Waals surface area contributed by atoms with Crippen LogP contribution in [0.15, 0.2) is 36.5 Å². The van der Waals surface area contributed by atoms with Gasteiger partial charge in [0.25, 0.3) is 0 Å². The lowest BCUT2D eigenvalue weighted by atomic mass is 10.2. The number of rotatable bonds is 6. The van der Waals surface area contributed by atoms with E-state index in [9.17, 15) is 8.78 Å². The van der Waals surface area contributed by atoms with Gasteiger partial charge in [0.15, 0.2) is 5.69 Å². The Balaban J connectivity index is 2.18. The van der Waals surface area contributed by atoms with Crippen molar-refractivity contribution in [3.63, 3.8) is 0 Å². The fourth-order valence-electron chi connectivity index (χ4n) is 1.75. The van der Waals surface area contributed by atoms with Gasteiger partial charge in [-0.1, -0.05) is 0 Å². The van der Waals surface area contributed by atoms with Crippen molar-refractivity contribution in [3.8, 4) is 17.6 Å². The van der Waals surface area contributed by atoms with E-state index in [-0.39, 0.29) is 11.4 Å². The van der Waals surface area contributed by atoms with E-state index in [2.05, 4.69) is 15.0 Å². The Kier molecular flexibility index (Phi) is 5.09. The molecule has 22 heavy (non-hydrogen) atoms. The molecule has 2 aromatic rings. The molecule has 1 aromatic heterocycles. The van der Waals surface area contributed by atoms with Gasteiger partial charge in [0.1, 0.15) is 17.6 Å². The van der Waals surface area contributed by atoms with E-state index in [1.54, 1.807) is 18.2 Å². The zero-order chi connectivity index (χ0) is 15.9. The van der Waals surface area contributed by atoms with Crippen LogP contribution in [-0.2, 0) is 0 Å². The van der Waals surface area contributed by atoms with E-state index in [0.717, 1.165) is 0 Å². The highest BCUT2D eigenvalue weighted by molar-refractivity contribution is 5.66. The van der Waals surface area contributed by atoms with Gasteiger partial charge < -0.3 is 14.8 Å². The molecule has 0 aliphatic rings. The van der Waals surface area contributed by atoms with Crippen LogP contribution in [0.3, 0.4) is 0 Å². The van der Waals surface area contributed by atoms with Crippen molar-refractivity contribution in [2.75, 3.05) is 11.9 Å². The van der Waals surface area contributed by atoms with Crippen LogP contribution in [0.25, 0.3) is 0 Å². The summed E-state index contributed by atoms with van der Waals surface area (Å²) in [6.07, 6.45) is 1.47. The van der Waals surface area contributed by atoms with Crippen molar-refractivity contribution in [1.82, 2.24) is 4.98 Å². The molecule has 0 fully saturated rings. The van der Waals surface area contributed by atoms with Crippen molar-refractivity contribution >= 4 is 11.4 Å². The third kappa shape index (κ3) is 4.06. The molecule has 7 heteroatoms. The minimum absolute atomic E-state index is 0.0576. The van der Waals surface area contributed by atoms with Crippen LogP contribution >= 0.6 is 0 Å². The standard InChI is InChI=1S/C15H13F2N3O2/c1-2-21-12-7-13(14(8-18)19-9-12)20-10-3-5-11(6-4-10)22-15(16)17/h3-7,9,15,20H,2H2,1H3. The topological polar surface area (TPSA) is 67.2 Å². The predicted molar refractivity (Wildman–Crippen MR) is 76.5 cm³/mol. The molecular weight excluding hydrogens is 292 g/mol.